The van der Waals surface area contributed by atoms with Gasteiger partial charge in [0.25, 0.3) is 0 Å². The molecule has 1 aromatic rings. The molecule has 4 nitrogen and oxygen atoms in total. The Morgan fingerprint density at radius 1 is 1.19 bits per heavy atom. The van der Waals surface area contributed by atoms with E-state index in [9.17, 15) is 9.59 Å². The van der Waals surface area contributed by atoms with E-state index in [2.05, 4.69) is 0 Å². The van der Waals surface area contributed by atoms with E-state index < -0.39 is 5.97 Å². The van der Waals surface area contributed by atoms with Crippen LogP contribution in [0.5, 0.6) is 0 Å². The average molecular weight is 291 g/mol. The average Bonchev–Trinajstić information content (AvgIpc) is 2.44. The molecule has 0 aromatic heterocycles. The van der Waals surface area contributed by atoms with Gasteiger partial charge >= 0.3 is 5.97 Å². The smallest absolute Gasteiger partial charge is 0.305 e. The molecule has 0 unspecified atom stereocenters. The second kappa shape index (κ2) is 7.81. The van der Waals surface area contributed by atoms with Crippen molar-refractivity contribution >= 4 is 17.6 Å². The summed E-state index contributed by atoms with van der Waals surface area (Å²) in [4.78, 5) is 25.2. The number of anilines is 1. The van der Waals surface area contributed by atoms with Crippen LogP contribution in [0, 0.1) is 19.8 Å². The Balaban J connectivity index is 3.15. The second-order valence-electron chi connectivity index (χ2n) is 5.37. The third-order valence-electron chi connectivity index (χ3n) is 4.02. The first kappa shape index (κ1) is 17.2. The largest absolute Gasteiger partial charge is 0.481 e. The van der Waals surface area contributed by atoms with Gasteiger partial charge in [-0.25, -0.2) is 0 Å². The van der Waals surface area contributed by atoms with Gasteiger partial charge in [0.2, 0.25) is 5.91 Å². The number of rotatable bonds is 7. The highest BCUT2D eigenvalue weighted by atomic mass is 16.4. The van der Waals surface area contributed by atoms with Gasteiger partial charge in [-0.1, -0.05) is 26.0 Å². The summed E-state index contributed by atoms with van der Waals surface area (Å²) >= 11 is 0. The van der Waals surface area contributed by atoms with E-state index in [4.69, 9.17) is 5.11 Å². The van der Waals surface area contributed by atoms with Crippen LogP contribution >= 0.6 is 0 Å². The zero-order chi connectivity index (χ0) is 16.0. The first-order valence-electron chi connectivity index (χ1n) is 7.51. The number of aryl methyl sites for hydroxylation is 1. The second-order valence-corrected chi connectivity index (χ2v) is 5.37. The standard InChI is InChI=1S/C17H25NO3/c1-5-14(6-2)17(21)18(11-10-16(19)20)15-9-7-8-12(3)13(15)4/h7-9,14H,5-6,10-11H2,1-4H3,(H,19,20). The van der Waals surface area contributed by atoms with Crippen LogP contribution in [0.2, 0.25) is 0 Å². The highest BCUT2D eigenvalue weighted by molar-refractivity contribution is 5.96. The van der Waals surface area contributed by atoms with Gasteiger partial charge in [0.1, 0.15) is 0 Å². The maximum Gasteiger partial charge on any atom is 0.305 e. The van der Waals surface area contributed by atoms with Gasteiger partial charge in [0.05, 0.1) is 6.42 Å². The van der Waals surface area contributed by atoms with Gasteiger partial charge in [0, 0.05) is 18.2 Å². The van der Waals surface area contributed by atoms with Crippen molar-refractivity contribution in [3.63, 3.8) is 0 Å². The number of carbonyl (C=O) groups excluding carboxylic acids is 1. The molecule has 0 atom stereocenters. The fourth-order valence-electron chi connectivity index (χ4n) is 2.44. The van der Waals surface area contributed by atoms with Gasteiger partial charge in [0.15, 0.2) is 0 Å². The highest BCUT2D eigenvalue weighted by Gasteiger charge is 2.24. The van der Waals surface area contributed by atoms with E-state index in [1.165, 1.54) is 0 Å². The Bertz CT molecular complexity index is 507. The Kier molecular flexibility index (Phi) is 6.40. The summed E-state index contributed by atoms with van der Waals surface area (Å²) in [5.41, 5.74) is 2.96. The van der Waals surface area contributed by atoms with Gasteiger partial charge in [-0.2, -0.15) is 0 Å². The fraction of sp³-hybridized carbons (Fsp3) is 0.529. The van der Waals surface area contributed by atoms with E-state index in [1.54, 1.807) is 4.90 Å². The molecule has 0 aliphatic rings. The topological polar surface area (TPSA) is 57.6 Å². The summed E-state index contributed by atoms with van der Waals surface area (Å²) in [6, 6.07) is 5.80. The van der Waals surface area contributed by atoms with Gasteiger partial charge in [-0.3, -0.25) is 9.59 Å². The van der Waals surface area contributed by atoms with Crippen molar-refractivity contribution in [3.05, 3.63) is 29.3 Å². The van der Waals surface area contributed by atoms with Crippen LogP contribution in [-0.2, 0) is 9.59 Å². The molecule has 1 amide bonds. The third kappa shape index (κ3) is 4.31. The molecule has 1 rings (SSSR count). The lowest BCUT2D eigenvalue weighted by molar-refractivity contribution is -0.136. The third-order valence-corrected chi connectivity index (χ3v) is 4.02. The van der Waals surface area contributed by atoms with Gasteiger partial charge in [-0.15, -0.1) is 0 Å². The molecule has 21 heavy (non-hydrogen) atoms. The predicted octanol–water partition coefficient (Wildman–Crippen LogP) is 3.55. The zero-order valence-corrected chi connectivity index (χ0v) is 13.3. The molecular weight excluding hydrogens is 266 g/mol. The maximum atomic E-state index is 12.7. The molecule has 0 fully saturated rings. The van der Waals surface area contributed by atoms with E-state index in [0.717, 1.165) is 29.7 Å². The number of amides is 1. The zero-order valence-electron chi connectivity index (χ0n) is 13.3. The summed E-state index contributed by atoms with van der Waals surface area (Å²) in [6.07, 6.45) is 1.49. The molecule has 1 aromatic carbocycles. The lowest BCUT2D eigenvalue weighted by Crippen LogP contribution is -2.38. The number of nitrogens with zero attached hydrogens (tertiary/aromatic N) is 1. The van der Waals surface area contributed by atoms with Crippen molar-refractivity contribution in [2.24, 2.45) is 5.92 Å². The molecule has 0 aliphatic carbocycles. The number of carbonyl (C=O) groups is 2. The Hall–Kier alpha value is -1.84. The fourth-order valence-corrected chi connectivity index (χ4v) is 2.44. The van der Waals surface area contributed by atoms with Crippen molar-refractivity contribution in [2.75, 3.05) is 11.4 Å². The van der Waals surface area contributed by atoms with Crippen LogP contribution in [0.25, 0.3) is 0 Å². The molecule has 4 heteroatoms. The normalized spacial score (nSPS) is 10.7. The number of aliphatic carboxylic acids is 1. The number of hydrogen-bond donors (Lipinski definition) is 1. The molecule has 1 N–H and O–H groups in total. The van der Waals surface area contributed by atoms with Crippen molar-refractivity contribution < 1.29 is 14.7 Å². The van der Waals surface area contributed by atoms with Crippen molar-refractivity contribution in [2.45, 2.75) is 47.0 Å². The lowest BCUT2D eigenvalue weighted by atomic mass is 9.99. The number of benzene rings is 1. The molecule has 0 aliphatic heterocycles. The quantitative estimate of drug-likeness (QED) is 0.836. The lowest BCUT2D eigenvalue weighted by Gasteiger charge is -2.28. The first-order chi connectivity index (χ1) is 9.92. The summed E-state index contributed by atoms with van der Waals surface area (Å²) in [5, 5.41) is 8.93. The van der Waals surface area contributed by atoms with Gasteiger partial charge in [-0.05, 0) is 43.9 Å². The van der Waals surface area contributed by atoms with Crippen LogP contribution < -0.4 is 4.90 Å². The monoisotopic (exact) mass is 291 g/mol. The Morgan fingerprint density at radius 2 is 1.81 bits per heavy atom. The Morgan fingerprint density at radius 3 is 2.33 bits per heavy atom. The predicted molar refractivity (Wildman–Crippen MR) is 84.6 cm³/mol. The SMILES string of the molecule is CCC(CC)C(=O)N(CCC(=O)O)c1cccc(C)c1C. The van der Waals surface area contributed by atoms with Gasteiger partial charge < -0.3 is 10.0 Å². The number of carboxylic acids is 1. The maximum absolute atomic E-state index is 12.7. The van der Waals surface area contributed by atoms with Crippen molar-refractivity contribution in [1.82, 2.24) is 0 Å². The molecular formula is C17H25NO3. The molecule has 0 saturated carbocycles. The number of carboxylic acid groups (broad SMARTS) is 1. The minimum Gasteiger partial charge on any atom is -0.481 e. The Labute approximate surface area is 126 Å². The molecule has 0 bridgehead atoms. The minimum atomic E-state index is -0.886. The first-order valence-corrected chi connectivity index (χ1v) is 7.51. The summed E-state index contributed by atoms with van der Waals surface area (Å²) in [7, 11) is 0. The summed E-state index contributed by atoms with van der Waals surface area (Å²) in [6.45, 7) is 8.17. The minimum absolute atomic E-state index is 0.0231. The van der Waals surface area contributed by atoms with E-state index in [1.807, 2.05) is 45.9 Å². The molecule has 0 heterocycles. The molecule has 0 saturated heterocycles. The van der Waals surface area contributed by atoms with E-state index in [-0.39, 0.29) is 24.8 Å². The van der Waals surface area contributed by atoms with Crippen LogP contribution in [0.4, 0.5) is 5.69 Å². The van der Waals surface area contributed by atoms with Crippen LogP contribution in [0.15, 0.2) is 18.2 Å². The van der Waals surface area contributed by atoms with E-state index in [0.29, 0.717) is 0 Å². The molecule has 0 spiro atoms. The van der Waals surface area contributed by atoms with Crippen molar-refractivity contribution in [3.8, 4) is 0 Å². The molecule has 0 radical (unpaired) electrons. The van der Waals surface area contributed by atoms with Crippen molar-refractivity contribution in [1.29, 1.82) is 0 Å². The van der Waals surface area contributed by atoms with E-state index >= 15 is 0 Å². The van der Waals surface area contributed by atoms with Crippen LogP contribution in [-0.4, -0.2) is 23.5 Å². The molecule has 116 valence electrons. The van der Waals surface area contributed by atoms with Crippen LogP contribution in [0.1, 0.15) is 44.2 Å². The van der Waals surface area contributed by atoms with Crippen LogP contribution in [0.3, 0.4) is 0 Å². The summed E-state index contributed by atoms with van der Waals surface area (Å²) < 4.78 is 0. The summed E-state index contributed by atoms with van der Waals surface area (Å²) in [5.74, 6) is -0.920. The number of hydrogen-bond acceptors (Lipinski definition) is 2. The highest BCUT2D eigenvalue weighted by Crippen LogP contribution is 2.26.